The lowest BCUT2D eigenvalue weighted by molar-refractivity contribution is -0.178. The number of aryl methyl sites for hydroxylation is 1. The summed E-state index contributed by atoms with van der Waals surface area (Å²) in [6, 6.07) is 1.93. The van der Waals surface area contributed by atoms with E-state index in [1.807, 2.05) is 7.05 Å². The van der Waals surface area contributed by atoms with Gasteiger partial charge in [0.15, 0.2) is 5.79 Å². The molecule has 0 radical (unpaired) electrons. The zero-order chi connectivity index (χ0) is 14.2. The van der Waals surface area contributed by atoms with Crippen molar-refractivity contribution in [3.05, 3.63) is 22.2 Å². The molecule has 1 aromatic heterocycles. The first-order chi connectivity index (χ1) is 9.58. The van der Waals surface area contributed by atoms with Gasteiger partial charge in [-0.05, 0) is 19.8 Å². The Labute approximate surface area is 118 Å². The Hall–Kier alpha value is -1.40. The van der Waals surface area contributed by atoms with Crippen LogP contribution in [0.4, 0.5) is 5.82 Å². The van der Waals surface area contributed by atoms with E-state index < -0.39 is 0 Å². The third-order valence-electron chi connectivity index (χ3n) is 4.29. The lowest BCUT2D eigenvalue weighted by Gasteiger charge is -2.39. The fourth-order valence-electron chi connectivity index (χ4n) is 3.15. The summed E-state index contributed by atoms with van der Waals surface area (Å²) < 4.78 is 11.5. The molecule has 1 aliphatic heterocycles. The molecule has 1 aromatic rings. The molecule has 1 spiro atoms. The molecule has 0 amide bonds. The van der Waals surface area contributed by atoms with Crippen molar-refractivity contribution in [2.45, 2.75) is 44.4 Å². The maximum Gasteiger partial charge on any atom is 0.252 e. The lowest BCUT2D eigenvalue weighted by atomic mass is 9.89. The Morgan fingerprint density at radius 2 is 2.00 bits per heavy atom. The highest BCUT2D eigenvalue weighted by Gasteiger charge is 2.41. The van der Waals surface area contributed by atoms with E-state index in [0.29, 0.717) is 25.1 Å². The number of ether oxygens (including phenoxy) is 2. The second-order valence-corrected chi connectivity index (χ2v) is 5.64. The molecule has 2 aliphatic rings. The maximum absolute atomic E-state index is 11.5. The van der Waals surface area contributed by atoms with Gasteiger partial charge in [-0.15, -0.1) is 0 Å². The van der Waals surface area contributed by atoms with Crippen molar-refractivity contribution in [3.63, 3.8) is 0 Å². The largest absolute Gasteiger partial charge is 0.356 e. The van der Waals surface area contributed by atoms with Gasteiger partial charge in [0.2, 0.25) is 0 Å². The Morgan fingerprint density at radius 3 is 2.60 bits per heavy atom. The van der Waals surface area contributed by atoms with Gasteiger partial charge < -0.3 is 19.4 Å². The predicted octanol–water partition coefficient (Wildman–Crippen LogP) is 1.20. The highest BCUT2D eigenvalue weighted by molar-refractivity contribution is 5.37. The Bertz CT molecular complexity index is 527. The third-order valence-corrected chi connectivity index (χ3v) is 4.29. The lowest BCUT2D eigenvalue weighted by Crippen LogP contribution is -2.43. The van der Waals surface area contributed by atoms with Gasteiger partial charge in [0.05, 0.1) is 13.2 Å². The number of anilines is 1. The van der Waals surface area contributed by atoms with E-state index in [4.69, 9.17) is 9.47 Å². The minimum Gasteiger partial charge on any atom is -0.356 e. The second-order valence-electron chi connectivity index (χ2n) is 5.64. The number of H-pyrrole nitrogens is 1. The zero-order valence-electron chi connectivity index (χ0n) is 12.0. The Kier molecular flexibility index (Phi) is 3.52. The molecule has 0 bridgehead atoms. The van der Waals surface area contributed by atoms with Crippen LogP contribution >= 0.6 is 0 Å². The number of nitrogens with one attached hydrogen (secondary N) is 1. The van der Waals surface area contributed by atoms with Gasteiger partial charge in [0.1, 0.15) is 11.6 Å². The van der Waals surface area contributed by atoms with Gasteiger partial charge in [-0.3, -0.25) is 4.79 Å². The van der Waals surface area contributed by atoms with Crippen LogP contribution in [0, 0.1) is 6.92 Å². The summed E-state index contributed by atoms with van der Waals surface area (Å²) in [6.45, 7) is 3.21. The molecular weight excluding hydrogens is 258 g/mol. The van der Waals surface area contributed by atoms with Crippen molar-refractivity contribution >= 4 is 5.82 Å². The van der Waals surface area contributed by atoms with Crippen LogP contribution in [0.2, 0.25) is 0 Å². The topological polar surface area (TPSA) is 67.5 Å². The van der Waals surface area contributed by atoms with Gasteiger partial charge in [0.25, 0.3) is 5.56 Å². The van der Waals surface area contributed by atoms with Crippen molar-refractivity contribution in [2.24, 2.45) is 0 Å². The van der Waals surface area contributed by atoms with Crippen LogP contribution in [-0.2, 0) is 9.47 Å². The molecule has 0 unspecified atom stereocenters. The molecule has 0 atom stereocenters. The predicted molar refractivity (Wildman–Crippen MR) is 74.9 cm³/mol. The number of rotatable bonds is 2. The van der Waals surface area contributed by atoms with E-state index in [0.717, 1.165) is 31.5 Å². The van der Waals surface area contributed by atoms with E-state index in [2.05, 4.69) is 14.9 Å². The molecule has 3 rings (SSSR count). The molecule has 2 fully saturated rings. The molecule has 1 aliphatic carbocycles. The minimum absolute atomic E-state index is 0.103. The highest BCUT2D eigenvalue weighted by Crippen LogP contribution is 2.37. The molecule has 1 N–H and O–H groups in total. The average molecular weight is 279 g/mol. The van der Waals surface area contributed by atoms with Gasteiger partial charge >= 0.3 is 0 Å². The van der Waals surface area contributed by atoms with Crippen molar-refractivity contribution in [2.75, 3.05) is 25.2 Å². The standard InChI is InChI=1S/C14H21N3O3/c1-10-15-12(9-13(18)16-10)17(2)11-3-5-14(6-4-11)19-7-8-20-14/h9,11H,3-8H2,1-2H3,(H,15,16,18). The molecule has 6 heteroatoms. The Morgan fingerprint density at radius 1 is 1.35 bits per heavy atom. The molecule has 6 nitrogen and oxygen atoms in total. The van der Waals surface area contributed by atoms with Gasteiger partial charge in [0, 0.05) is 32.0 Å². The van der Waals surface area contributed by atoms with Crippen molar-refractivity contribution in [1.82, 2.24) is 9.97 Å². The minimum atomic E-state index is -0.338. The molecule has 20 heavy (non-hydrogen) atoms. The Balaban J connectivity index is 1.69. The first-order valence-corrected chi connectivity index (χ1v) is 7.17. The summed E-state index contributed by atoms with van der Waals surface area (Å²) >= 11 is 0. The summed E-state index contributed by atoms with van der Waals surface area (Å²) in [5, 5.41) is 0. The molecule has 1 saturated carbocycles. The molecule has 1 saturated heterocycles. The summed E-state index contributed by atoms with van der Waals surface area (Å²) in [7, 11) is 2.00. The van der Waals surface area contributed by atoms with Crippen molar-refractivity contribution in [3.8, 4) is 0 Å². The van der Waals surface area contributed by atoms with Crippen LogP contribution in [0.5, 0.6) is 0 Å². The van der Waals surface area contributed by atoms with Gasteiger partial charge in [-0.2, -0.15) is 0 Å². The van der Waals surface area contributed by atoms with Crippen LogP contribution in [0.25, 0.3) is 0 Å². The van der Waals surface area contributed by atoms with Crippen LogP contribution in [0.3, 0.4) is 0 Å². The molecule has 2 heterocycles. The van der Waals surface area contributed by atoms with E-state index in [-0.39, 0.29) is 11.3 Å². The van der Waals surface area contributed by atoms with Gasteiger partial charge in [-0.1, -0.05) is 0 Å². The van der Waals surface area contributed by atoms with Crippen LogP contribution in [0.15, 0.2) is 10.9 Å². The summed E-state index contributed by atoms with van der Waals surface area (Å²) in [4.78, 5) is 20.7. The summed E-state index contributed by atoms with van der Waals surface area (Å²) in [6.07, 6.45) is 3.79. The quantitative estimate of drug-likeness (QED) is 0.881. The molecule has 0 aromatic carbocycles. The van der Waals surface area contributed by atoms with Crippen molar-refractivity contribution in [1.29, 1.82) is 0 Å². The van der Waals surface area contributed by atoms with E-state index in [9.17, 15) is 4.79 Å². The SMILES string of the molecule is Cc1nc(N(C)C2CCC3(CC2)OCCO3)cc(=O)[nH]1. The smallest absolute Gasteiger partial charge is 0.252 e. The first kappa shape index (κ1) is 13.6. The van der Waals surface area contributed by atoms with E-state index in [1.54, 1.807) is 13.0 Å². The summed E-state index contributed by atoms with van der Waals surface area (Å²) in [5.41, 5.74) is -0.103. The van der Waals surface area contributed by atoms with Crippen LogP contribution in [-0.4, -0.2) is 42.1 Å². The van der Waals surface area contributed by atoms with Crippen LogP contribution < -0.4 is 10.5 Å². The number of aromatic amines is 1. The summed E-state index contributed by atoms with van der Waals surface area (Å²) in [5.74, 6) is 1.05. The number of hydrogen-bond acceptors (Lipinski definition) is 5. The monoisotopic (exact) mass is 279 g/mol. The zero-order valence-corrected chi connectivity index (χ0v) is 12.0. The highest BCUT2D eigenvalue weighted by atomic mass is 16.7. The van der Waals surface area contributed by atoms with E-state index in [1.165, 1.54) is 0 Å². The normalized spacial score (nSPS) is 22.3. The fourth-order valence-corrected chi connectivity index (χ4v) is 3.15. The first-order valence-electron chi connectivity index (χ1n) is 7.17. The number of nitrogens with zero attached hydrogens (tertiary/aromatic N) is 2. The van der Waals surface area contributed by atoms with Gasteiger partial charge in [-0.25, -0.2) is 4.98 Å². The van der Waals surface area contributed by atoms with Crippen LogP contribution in [0.1, 0.15) is 31.5 Å². The molecular formula is C14H21N3O3. The molecule has 110 valence electrons. The van der Waals surface area contributed by atoms with E-state index >= 15 is 0 Å². The number of aromatic nitrogens is 2. The number of hydrogen-bond donors (Lipinski definition) is 1. The third kappa shape index (κ3) is 2.58. The average Bonchev–Trinajstić information content (AvgIpc) is 2.86. The maximum atomic E-state index is 11.5. The van der Waals surface area contributed by atoms with Crippen molar-refractivity contribution < 1.29 is 9.47 Å². The second kappa shape index (κ2) is 5.18. The fraction of sp³-hybridized carbons (Fsp3) is 0.714.